The molecule has 0 aromatic carbocycles. The number of quaternary nitrogens is 1. The predicted molar refractivity (Wildman–Crippen MR) is 82.3 cm³/mol. The van der Waals surface area contributed by atoms with Crippen LogP contribution in [-0.2, 0) is 14.6 Å². The second kappa shape index (κ2) is 17.8. The SMILES string of the molecule is CCCCCCCCCCCCOS(=O)(=O)[O-].[NH3+]CCO. The van der Waals surface area contributed by atoms with Crippen LogP contribution in [-0.4, -0.2) is 37.8 Å². The van der Waals surface area contributed by atoms with Crippen LogP contribution in [0.1, 0.15) is 71.1 Å². The lowest BCUT2D eigenvalue weighted by atomic mass is 10.1. The van der Waals surface area contributed by atoms with Gasteiger partial charge in [0.05, 0.1) is 19.8 Å². The minimum Gasteiger partial charge on any atom is -0.726 e. The van der Waals surface area contributed by atoms with Crippen molar-refractivity contribution in [2.24, 2.45) is 0 Å². The van der Waals surface area contributed by atoms with Crippen LogP contribution in [0.25, 0.3) is 0 Å². The van der Waals surface area contributed by atoms with Gasteiger partial charge in [-0.25, -0.2) is 8.42 Å². The molecule has 0 spiro atoms. The number of aliphatic hydroxyl groups excluding tert-OH is 1. The first-order valence-corrected chi connectivity index (χ1v) is 9.31. The molecule has 0 aromatic heterocycles. The summed E-state index contributed by atoms with van der Waals surface area (Å²) in [4.78, 5) is 0. The van der Waals surface area contributed by atoms with Crippen molar-refractivity contribution in [3.05, 3.63) is 0 Å². The highest BCUT2D eigenvalue weighted by molar-refractivity contribution is 7.80. The Kier molecular flexibility index (Phi) is 19.6. The molecule has 0 saturated heterocycles. The summed E-state index contributed by atoms with van der Waals surface area (Å²) in [6, 6.07) is 0. The fourth-order valence-electron chi connectivity index (χ4n) is 1.75. The van der Waals surface area contributed by atoms with Crippen molar-refractivity contribution < 1.29 is 28.0 Å². The molecule has 0 saturated carbocycles. The average Bonchev–Trinajstić information content (AvgIpc) is 2.44. The van der Waals surface area contributed by atoms with Gasteiger partial charge >= 0.3 is 0 Å². The van der Waals surface area contributed by atoms with Gasteiger partial charge in [-0.1, -0.05) is 64.7 Å². The molecule has 0 radical (unpaired) electrons. The molecule has 0 aromatic rings. The Labute approximate surface area is 130 Å². The molecule has 0 amide bonds. The van der Waals surface area contributed by atoms with Gasteiger partial charge in [0.1, 0.15) is 0 Å². The Morgan fingerprint density at radius 3 is 1.67 bits per heavy atom. The zero-order valence-corrected chi connectivity index (χ0v) is 14.2. The van der Waals surface area contributed by atoms with E-state index < -0.39 is 10.4 Å². The number of unbranched alkanes of at least 4 members (excludes halogenated alkanes) is 9. The van der Waals surface area contributed by atoms with Crippen molar-refractivity contribution in [2.75, 3.05) is 19.8 Å². The lowest BCUT2D eigenvalue weighted by Gasteiger charge is -2.06. The van der Waals surface area contributed by atoms with E-state index >= 15 is 0 Å². The highest BCUT2D eigenvalue weighted by Crippen LogP contribution is 2.10. The van der Waals surface area contributed by atoms with Gasteiger partial charge in [-0.3, -0.25) is 4.18 Å². The van der Waals surface area contributed by atoms with Gasteiger partial charge in [0, 0.05) is 0 Å². The first-order chi connectivity index (χ1) is 9.97. The fraction of sp³-hybridized carbons (Fsp3) is 1.00. The zero-order valence-electron chi connectivity index (χ0n) is 13.4. The van der Waals surface area contributed by atoms with Crippen LogP contribution >= 0.6 is 0 Å². The highest BCUT2D eigenvalue weighted by atomic mass is 32.3. The van der Waals surface area contributed by atoms with E-state index in [4.69, 9.17) is 5.11 Å². The Morgan fingerprint density at radius 2 is 1.33 bits per heavy atom. The van der Waals surface area contributed by atoms with Gasteiger partial charge in [0.2, 0.25) is 10.4 Å². The molecule has 0 bridgehead atoms. The third kappa shape index (κ3) is 28.6. The molecule has 0 fully saturated rings. The second-order valence-electron chi connectivity index (χ2n) is 4.99. The summed E-state index contributed by atoms with van der Waals surface area (Å²) in [5.74, 6) is 0. The number of hydrogen-bond acceptors (Lipinski definition) is 5. The first-order valence-electron chi connectivity index (χ1n) is 7.98. The molecule has 130 valence electrons. The third-order valence-electron chi connectivity index (χ3n) is 2.88. The van der Waals surface area contributed by atoms with Crippen molar-refractivity contribution >= 4 is 10.4 Å². The molecule has 4 N–H and O–H groups in total. The Balaban J connectivity index is 0. The van der Waals surface area contributed by atoms with Gasteiger partial charge in [0.15, 0.2) is 0 Å². The van der Waals surface area contributed by atoms with E-state index in [9.17, 15) is 13.0 Å². The number of aliphatic hydroxyl groups is 1. The second-order valence-corrected chi connectivity index (χ2v) is 6.04. The highest BCUT2D eigenvalue weighted by Gasteiger charge is 1.95. The van der Waals surface area contributed by atoms with Crippen LogP contribution in [0, 0.1) is 0 Å². The molecule has 0 rings (SSSR count). The van der Waals surface area contributed by atoms with E-state index in [1.165, 1.54) is 44.9 Å². The monoisotopic (exact) mass is 327 g/mol. The Bertz CT molecular complexity index is 281. The molecule has 6 nitrogen and oxygen atoms in total. The molecule has 7 heteroatoms. The molecule has 0 aliphatic rings. The maximum Gasteiger partial charge on any atom is 0.217 e. The smallest absolute Gasteiger partial charge is 0.217 e. The maximum atomic E-state index is 10.1. The maximum absolute atomic E-state index is 10.1. The van der Waals surface area contributed by atoms with E-state index in [0.717, 1.165) is 12.8 Å². The lowest BCUT2D eigenvalue weighted by molar-refractivity contribution is -0.372. The van der Waals surface area contributed by atoms with Gasteiger partial charge in [-0.05, 0) is 6.42 Å². The van der Waals surface area contributed by atoms with E-state index in [-0.39, 0.29) is 13.2 Å². The molecule has 0 aliphatic carbocycles. The van der Waals surface area contributed by atoms with Crippen molar-refractivity contribution in [1.29, 1.82) is 0 Å². The summed E-state index contributed by atoms with van der Waals surface area (Å²) in [6.45, 7) is 3.08. The summed E-state index contributed by atoms with van der Waals surface area (Å²) in [5, 5.41) is 7.81. The lowest BCUT2D eigenvalue weighted by Crippen LogP contribution is -2.51. The average molecular weight is 327 g/mol. The first kappa shape index (κ1) is 23.1. The van der Waals surface area contributed by atoms with Gasteiger partial charge in [-0.2, -0.15) is 0 Å². The number of hydrogen-bond donors (Lipinski definition) is 2. The minimum absolute atomic E-state index is 0.0301. The van der Waals surface area contributed by atoms with Crippen LogP contribution in [0.5, 0.6) is 0 Å². The van der Waals surface area contributed by atoms with Crippen LogP contribution in [0.3, 0.4) is 0 Å². The van der Waals surface area contributed by atoms with Crippen LogP contribution < -0.4 is 5.73 Å². The summed E-state index contributed by atoms with van der Waals surface area (Å²) < 4.78 is 34.5. The summed E-state index contributed by atoms with van der Waals surface area (Å²) in [5.41, 5.74) is 3.35. The molecule has 0 atom stereocenters. The summed E-state index contributed by atoms with van der Waals surface area (Å²) in [7, 11) is -4.48. The van der Waals surface area contributed by atoms with E-state index in [2.05, 4.69) is 16.8 Å². The number of rotatable bonds is 13. The minimum atomic E-state index is -4.48. The standard InChI is InChI=1S/C12H26O4S.C2H7NO/c1-2-3-4-5-6-7-8-9-10-11-12-16-17(13,14)15;3-1-2-4/h2-12H2,1H3,(H,13,14,15);4H,1-3H2. The van der Waals surface area contributed by atoms with E-state index in [1.807, 2.05) is 0 Å². The Morgan fingerprint density at radius 1 is 0.952 bits per heavy atom. The van der Waals surface area contributed by atoms with Crippen molar-refractivity contribution in [2.45, 2.75) is 71.1 Å². The van der Waals surface area contributed by atoms with Crippen LogP contribution in [0.2, 0.25) is 0 Å². The summed E-state index contributed by atoms with van der Waals surface area (Å²) >= 11 is 0. The van der Waals surface area contributed by atoms with Gasteiger partial charge in [-0.15, -0.1) is 0 Å². The molecule has 0 aliphatic heterocycles. The third-order valence-corrected chi connectivity index (χ3v) is 3.34. The van der Waals surface area contributed by atoms with Crippen molar-refractivity contribution in [3.8, 4) is 0 Å². The van der Waals surface area contributed by atoms with E-state index in [0.29, 0.717) is 13.0 Å². The normalized spacial score (nSPS) is 11.0. The zero-order chi connectivity index (χ0) is 16.4. The quantitative estimate of drug-likeness (QED) is 0.303. The fourth-order valence-corrected chi connectivity index (χ4v) is 2.07. The largest absolute Gasteiger partial charge is 0.726 e. The van der Waals surface area contributed by atoms with Crippen molar-refractivity contribution in [1.82, 2.24) is 0 Å². The van der Waals surface area contributed by atoms with Gasteiger partial charge in [0.25, 0.3) is 0 Å². The van der Waals surface area contributed by atoms with Crippen molar-refractivity contribution in [3.63, 3.8) is 0 Å². The van der Waals surface area contributed by atoms with Crippen LogP contribution in [0.4, 0.5) is 0 Å². The van der Waals surface area contributed by atoms with E-state index in [1.54, 1.807) is 0 Å². The predicted octanol–water partition coefficient (Wildman–Crippen LogP) is 1.60. The molecular weight excluding hydrogens is 294 g/mol. The molecule has 0 heterocycles. The summed E-state index contributed by atoms with van der Waals surface area (Å²) in [6.07, 6.45) is 11.7. The topological polar surface area (TPSA) is 114 Å². The molecule has 21 heavy (non-hydrogen) atoms. The van der Waals surface area contributed by atoms with Gasteiger partial charge < -0.3 is 15.4 Å². The molecule has 0 unspecified atom stereocenters. The van der Waals surface area contributed by atoms with Crippen LogP contribution in [0.15, 0.2) is 0 Å². The molecular formula is C14H33NO5S. The Hall–Kier alpha value is -0.210.